The van der Waals surface area contributed by atoms with E-state index in [-0.39, 0.29) is 5.63 Å². The monoisotopic (exact) mass is 227 g/mol. The molecule has 0 atom stereocenters. The summed E-state index contributed by atoms with van der Waals surface area (Å²) in [5.74, 6) is 0. The normalized spacial score (nSPS) is 10.9. The molecule has 0 aliphatic carbocycles. The van der Waals surface area contributed by atoms with Crippen molar-refractivity contribution in [1.29, 1.82) is 0 Å². The van der Waals surface area contributed by atoms with E-state index in [9.17, 15) is 4.79 Å². The molecule has 0 spiro atoms. The molecule has 0 amide bonds. The maximum absolute atomic E-state index is 11.3. The van der Waals surface area contributed by atoms with Crippen LogP contribution in [0.25, 0.3) is 16.7 Å². The summed E-state index contributed by atoms with van der Waals surface area (Å²) >= 11 is 0. The van der Waals surface area contributed by atoms with E-state index in [1.807, 2.05) is 19.1 Å². The van der Waals surface area contributed by atoms with E-state index < -0.39 is 0 Å². The Bertz CT molecular complexity index is 729. The van der Waals surface area contributed by atoms with Crippen LogP contribution in [0.1, 0.15) is 5.56 Å². The lowest BCUT2D eigenvalue weighted by Crippen LogP contribution is -1.98. The second-order valence-corrected chi connectivity index (χ2v) is 3.80. The Hall–Kier alpha value is -2.43. The molecule has 3 rings (SSSR count). The zero-order chi connectivity index (χ0) is 11.8. The van der Waals surface area contributed by atoms with Crippen molar-refractivity contribution in [3.8, 4) is 5.69 Å². The van der Waals surface area contributed by atoms with Gasteiger partial charge in [0, 0.05) is 17.5 Å². The van der Waals surface area contributed by atoms with Crippen LogP contribution in [-0.2, 0) is 0 Å². The lowest BCUT2D eigenvalue weighted by molar-refractivity contribution is 0.559. The van der Waals surface area contributed by atoms with Gasteiger partial charge in [-0.3, -0.25) is 4.57 Å². The highest BCUT2D eigenvalue weighted by molar-refractivity contribution is 5.81. The molecule has 5 heteroatoms. The number of aromatic nitrogens is 3. The molecule has 0 aliphatic rings. The summed E-state index contributed by atoms with van der Waals surface area (Å²) in [5.41, 5.74) is 2.00. The molecule has 5 nitrogen and oxygen atoms in total. The number of fused-ring (bicyclic) bond motifs is 1. The molecule has 0 unspecified atom stereocenters. The maximum atomic E-state index is 11.3. The molecule has 0 aliphatic heterocycles. The quantitative estimate of drug-likeness (QED) is 0.593. The topological polar surface area (TPSA) is 60.9 Å². The van der Waals surface area contributed by atoms with Crippen LogP contribution in [0.4, 0.5) is 0 Å². The zero-order valence-electron chi connectivity index (χ0n) is 9.12. The summed E-state index contributed by atoms with van der Waals surface area (Å²) in [4.78, 5) is 11.3. The molecule has 0 saturated carbocycles. The Morgan fingerprint density at radius 1 is 1.18 bits per heavy atom. The van der Waals surface area contributed by atoms with Gasteiger partial charge in [0.15, 0.2) is 0 Å². The first kappa shape index (κ1) is 9.77. The van der Waals surface area contributed by atoms with E-state index in [4.69, 9.17) is 4.42 Å². The lowest BCUT2D eigenvalue weighted by Gasteiger charge is -2.04. The van der Waals surface area contributed by atoms with Crippen LogP contribution < -0.4 is 5.63 Å². The highest BCUT2D eigenvalue weighted by Gasteiger charge is 2.04. The molecule has 0 fully saturated rings. The van der Waals surface area contributed by atoms with Gasteiger partial charge in [0.05, 0.1) is 5.69 Å². The van der Waals surface area contributed by atoms with E-state index in [2.05, 4.69) is 10.2 Å². The summed E-state index contributed by atoms with van der Waals surface area (Å²) in [6, 6.07) is 7.13. The first-order valence-corrected chi connectivity index (χ1v) is 5.13. The van der Waals surface area contributed by atoms with Crippen molar-refractivity contribution in [2.45, 2.75) is 6.92 Å². The van der Waals surface area contributed by atoms with E-state index in [1.165, 1.54) is 6.07 Å². The summed E-state index contributed by atoms with van der Waals surface area (Å²) < 4.78 is 6.92. The van der Waals surface area contributed by atoms with Gasteiger partial charge in [-0.15, -0.1) is 10.2 Å². The van der Waals surface area contributed by atoms with Crippen LogP contribution in [-0.4, -0.2) is 14.8 Å². The third-order valence-corrected chi connectivity index (χ3v) is 2.65. The van der Waals surface area contributed by atoms with Gasteiger partial charge in [-0.25, -0.2) is 4.79 Å². The van der Waals surface area contributed by atoms with Crippen LogP contribution in [0.2, 0.25) is 0 Å². The Labute approximate surface area is 96.3 Å². The Kier molecular flexibility index (Phi) is 2.04. The van der Waals surface area contributed by atoms with Crippen LogP contribution in [0, 0.1) is 6.92 Å². The van der Waals surface area contributed by atoms with Gasteiger partial charge < -0.3 is 4.42 Å². The average molecular weight is 227 g/mol. The smallest absolute Gasteiger partial charge is 0.336 e. The fourth-order valence-electron chi connectivity index (χ4n) is 1.81. The summed E-state index contributed by atoms with van der Waals surface area (Å²) in [7, 11) is 0. The van der Waals surface area contributed by atoms with Crippen molar-refractivity contribution in [3.05, 3.63) is 52.9 Å². The van der Waals surface area contributed by atoms with Gasteiger partial charge in [0.2, 0.25) is 0 Å². The van der Waals surface area contributed by atoms with Crippen LogP contribution in [0.5, 0.6) is 0 Å². The third-order valence-electron chi connectivity index (χ3n) is 2.65. The number of hydrogen-bond donors (Lipinski definition) is 0. The van der Waals surface area contributed by atoms with Gasteiger partial charge in [-0.2, -0.15) is 0 Å². The molecule has 1 aromatic carbocycles. The molecule has 17 heavy (non-hydrogen) atoms. The minimum atomic E-state index is -0.337. The number of aryl methyl sites for hydroxylation is 1. The molecular weight excluding hydrogens is 218 g/mol. The predicted molar refractivity (Wildman–Crippen MR) is 62.1 cm³/mol. The van der Waals surface area contributed by atoms with E-state index in [0.29, 0.717) is 5.58 Å². The average Bonchev–Trinajstić information content (AvgIpc) is 2.81. The minimum absolute atomic E-state index is 0.337. The zero-order valence-corrected chi connectivity index (χ0v) is 9.12. The van der Waals surface area contributed by atoms with Crippen molar-refractivity contribution in [1.82, 2.24) is 14.8 Å². The molecule has 3 aromatic rings. The highest BCUT2D eigenvalue weighted by Crippen LogP contribution is 2.19. The van der Waals surface area contributed by atoms with Crippen molar-refractivity contribution in [3.63, 3.8) is 0 Å². The largest absolute Gasteiger partial charge is 0.423 e. The number of rotatable bonds is 1. The van der Waals surface area contributed by atoms with Crippen molar-refractivity contribution in [2.24, 2.45) is 0 Å². The SMILES string of the molecule is Cc1cc(=O)oc2cc(-n3cnnc3)ccc12. The first-order chi connectivity index (χ1) is 8.24. The lowest BCUT2D eigenvalue weighted by atomic mass is 10.1. The van der Waals surface area contributed by atoms with Crippen LogP contribution in [0.15, 0.2) is 46.1 Å². The first-order valence-electron chi connectivity index (χ1n) is 5.13. The van der Waals surface area contributed by atoms with Gasteiger partial charge in [-0.05, 0) is 24.6 Å². The van der Waals surface area contributed by atoms with E-state index >= 15 is 0 Å². The molecule has 0 bridgehead atoms. The summed E-state index contributed by atoms with van der Waals surface area (Å²) in [6.07, 6.45) is 3.18. The van der Waals surface area contributed by atoms with E-state index in [1.54, 1.807) is 23.3 Å². The van der Waals surface area contributed by atoms with Crippen molar-refractivity contribution < 1.29 is 4.42 Å². The number of benzene rings is 1. The standard InChI is InChI=1S/C12H9N3O2/c1-8-4-12(16)17-11-5-9(2-3-10(8)11)15-6-13-14-7-15/h2-7H,1H3. The van der Waals surface area contributed by atoms with Gasteiger partial charge in [0.1, 0.15) is 18.2 Å². The molecule has 2 heterocycles. The fraction of sp³-hybridized carbons (Fsp3) is 0.0833. The predicted octanol–water partition coefficient (Wildman–Crippen LogP) is 1.68. The molecule has 0 radical (unpaired) electrons. The Morgan fingerprint density at radius 3 is 2.71 bits per heavy atom. The molecule has 0 saturated heterocycles. The second kappa shape index (κ2) is 3.55. The molecular formula is C12H9N3O2. The Balaban J connectivity index is 2.29. The second-order valence-electron chi connectivity index (χ2n) is 3.80. The fourth-order valence-corrected chi connectivity index (χ4v) is 1.81. The highest BCUT2D eigenvalue weighted by atomic mass is 16.4. The minimum Gasteiger partial charge on any atom is -0.423 e. The van der Waals surface area contributed by atoms with E-state index in [0.717, 1.165) is 16.6 Å². The van der Waals surface area contributed by atoms with Gasteiger partial charge in [0.25, 0.3) is 0 Å². The van der Waals surface area contributed by atoms with Crippen molar-refractivity contribution in [2.75, 3.05) is 0 Å². The number of hydrogen-bond acceptors (Lipinski definition) is 4. The van der Waals surface area contributed by atoms with Gasteiger partial charge in [-0.1, -0.05) is 0 Å². The number of nitrogens with zero attached hydrogens (tertiary/aromatic N) is 3. The molecule has 84 valence electrons. The van der Waals surface area contributed by atoms with Crippen molar-refractivity contribution >= 4 is 11.0 Å². The van der Waals surface area contributed by atoms with Gasteiger partial charge >= 0.3 is 5.63 Å². The third kappa shape index (κ3) is 1.61. The summed E-state index contributed by atoms with van der Waals surface area (Å²) in [6.45, 7) is 1.89. The Morgan fingerprint density at radius 2 is 1.94 bits per heavy atom. The maximum Gasteiger partial charge on any atom is 0.336 e. The van der Waals surface area contributed by atoms with Crippen LogP contribution >= 0.6 is 0 Å². The molecule has 0 N–H and O–H groups in total. The van der Waals surface area contributed by atoms with Crippen LogP contribution in [0.3, 0.4) is 0 Å². The molecule has 2 aromatic heterocycles. The summed E-state index contributed by atoms with van der Waals surface area (Å²) in [5, 5.41) is 8.40.